The number of aryl methyl sites for hydroxylation is 1. The molecule has 6 heteroatoms. The maximum Gasteiger partial charge on any atom is 0.201 e. The number of piperazine rings is 1. The van der Waals surface area contributed by atoms with Crippen molar-refractivity contribution in [3.63, 3.8) is 0 Å². The Bertz CT molecular complexity index is 429. The maximum absolute atomic E-state index is 12.7. The average Bonchev–Trinajstić information content (AvgIpc) is 2.69. The predicted octanol–water partition coefficient (Wildman–Crippen LogP) is 1.05. The number of hydrogen-bond donors (Lipinski definition) is 1. The normalized spacial score (nSPS) is 18.0. The lowest BCUT2D eigenvalue weighted by molar-refractivity contribution is 0.0592. The molecule has 0 bridgehead atoms. The molecule has 0 atom stereocenters. The molecule has 100 valence electrons. The molecule has 0 amide bonds. The van der Waals surface area contributed by atoms with Gasteiger partial charge >= 0.3 is 0 Å². The minimum Gasteiger partial charge on any atom is -0.314 e. The largest absolute Gasteiger partial charge is 0.314 e. The van der Waals surface area contributed by atoms with Crippen LogP contribution in [0.4, 0.5) is 0 Å². The minimum absolute atomic E-state index is 0.108. The average molecular weight is 315 g/mol. The summed E-state index contributed by atoms with van der Waals surface area (Å²) in [5.41, 5.74) is 0.136. The number of hydrogen-bond acceptors (Lipinski definition) is 4. The van der Waals surface area contributed by atoms with Gasteiger partial charge in [-0.3, -0.25) is 14.4 Å². The van der Waals surface area contributed by atoms with Gasteiger partial charge in [0.1, 0.15) is 5.69 Å². The summed E-state index contributed by atoms with van der Waals surface area (Å²) in [5, 5.41) is 7.42. The van der Waals surface area contributed by atoms with Crippen LogP contribution in [0.15, 0.2) is 10.7 Å². The standard InChI is InChI=1S/C12H19BrN4O/c1-12(2,17-6-4-14-5-7-17)11(18)10-9(13)8-15-16(10)3/h8,14H,4-7H2,1-3H3. The molecular weight excluding hydrogens is 296 g/mol. The van der Waals surface area contributed by atoms with Gasteiger partial charge in [0.15, 0.2) is 0 Å². The summed E-state index contributed by atoms with van der Waals surface area (Å²) in [6, 6.07) is 0. The molecule has 0 unspecified atom stereocenters. The van der Waals surface area contributed by atoms with Gasteiger partial charge in [-0.25, -0.2) is 0 Å². The number of rotatable bonds is 3. The molecule has 1 N–H and O–H groups in total. The van der Waals surface area contributed by atoms with E-state index in [1.165, 1.54) is 0 Å². The second-order valence-electron chi connectivity index (χ2n) is 5.09. The Balaban J connectivity index is 2.26. The number of nitrogens with zero attached hydrogens (tertiary/aromatic N) is 3. The second kappa shape index (κ2) is 5.11. The summed E-state index contributed by atoms with van der Waals surface area (Å²) in [7, 11) is 1.80. The molecule has 2 heterocycles. The van der Waals surface area contributed by atoms with E-state index in [1.807, 2.05) is 13.8 Å². The molecule has 0 saturated carbocycles. The van der Waals surface area contributed by atoms with Crippen molar-refractivity contribution in [3.8, 4) is 0 Å². The first-order valence-electron chi connectivity index (χ1n) is 6.12. The van der Waals surface area contributed by atoms with Crippen molar-refractivity contribution in [2.24, 2.45) is 7.05 Å². The molecule has 0 spiro atoms. The molecule has 1 fully saturated rings. The van der Waals surface area contributed by atoms with Crippen LogP contribution >= 0.6 is 15.9 Å². The molecular formula is C12H19BrN4O. The fraction of sp³-hybridized carbons (Fsp3) is 0.667. The highest BCUT2D eigenvalue weighted by molar-refractivity contribution is 9.10. The van der Waals surface area contributed by atoms with Crippen LogP contribution in [-0.4, -0.2) is 52.2 Å². The van der Waals surface area contributed by atoms with E-state index in [9.17, 15) is 4.79 Å². The van der Waals surface area contributed by atoms with Crippen LogP contribution in [0.1, 0.15) is 24.3 Å². The topological polar surface area (TPSA) is 50.2 Å². The molecule has 1 aromatic heterocycles. The van der Waals surface area contributed by atoms with Gasteiger partial charge in [0.25, 0.3) is 0 Å². The van der Waals surface area contributed by atoms with Crippen LogP contribution in [-0.2, 0) is 7.05 Å². The molecule has 1 aliphatic heterocycles. The van der Waals surface area contributed by atoms with Crippen molar-refractivity contribution in [1.29, 1.82) is 0 Å². The molecule has 1 aromatic rings. The molecule has 0 aromatic carbocycles. The molecule has 18 heavy (non-hydrogen) atoms. The number of ketones is 1. The zero-order valence-corrected chi connectivity index (χ0v) is 12.6. The van der Waals surface area contributed by atoms with Gasteiger partial charge in [-0.2, -0.15) is 5.10 Å². The van der Waals surface area contributed by atoms with E-state index in [0.717, 1.165) is 30.7 Å². The highest BCUT2D eigenvalue weighted by atomic mass is 79.9. The Morgan fingerprint density at radius 2 is 2.06 bits per heavy atom. The van der Waals surface area contributed by atoms with Crippen molar-refractivity contribution in [2.45, 2.75) is 19.4 Å². The number of carbonyl (C=O) groups excluding carboxylic acids is 1. The zero-order chi connectivity index (χ0) is 13.3. The van der Waals surface area contributed by atoms with Gasteiger partial charge in [0.05, 0.1) is 16.2 Å². The lowest BCUT2D eigenvalue weighted by atomic mass is 9.93. The fourth-order valence-electron chi connectivity index (χ4n) is 2.32. The first kappa shape index (κ1) is 13.7. The van der Waals surface area contributed by atoms with Crippen molar-refractivity contribution in [3.05, 3.63) is 16.4 Å². The summed E-state index contributed by atoms with van der Waals surface area (Å²) >= 11 is 3.40. The summed E-state index contributed by atoms with van der Waals surface area (Å²) < 4.78 is 2.40. The van der Waals surface area contributed by atoms with E-state index in [1.54, 1.807) is 17.9 Å². The summed E-state index contributed by atoms with van der Waals surface area (Å²) in [5.74, 6) is 0.108. The van der Waals surface area contributed by atoms with Crippen molar-refractivity contribution in [1.82, 2.24) is 20.0 Å². The first-order chi connectivity index (χ1) is 8.44. The van der Waals surface area contributed by atoms with Crippen LogP contribution < -0.4 is 5.32 Å². The number of Topliss-reactive ketones (excluding diaryl/α,β-unsaturated/α-hetero) is 1. The lowest BCUT2D eigenvalue weighted by Crippen LogP contribution is -2.57. The highest BCUT2D eigenvalue weighted by Gasteiger charge is 2.37. The molecule has 0 aliphatic carbocycles. The second-order valence-corrected chi connectivity index (χ2v) is 5.94. The predicted molar refractivity (Wildman–Crippen MR) is 73.8 cm³/mol. The lowest BCUT2D eigenvalue weighted by Gasteiger charge is -2.39. The zero-order valence-electron chi connectivity index (χ0n) is 11.0. The minimum atomic E-state index is -0.502. The monoisotopic (exact) mass is 314 g/mol. The van der Waals surface area contributed by atoms with Crippen LogP contribution in [0.25, 0.3) is 0 Å². The van der Waals surface area contributed by atoms with Crippen LogP contribution in [0, 0.1) is 0 Å². The van der Waals surface area contributed by atoms with Crippen molar-refractivity contribution < 1.29 is 4.79 Å². The Hall–Kier alpha value is -0.720. The molecule has 1 saturated heterocycles. The van der Waals surface area contributed by atoms with Crippen molar-refractivity contribution >= 4 is 21.7 Å². The van der Waals surface area contributed by atoms with E-state index in [0.29, 0.717) is 5.69 Å². The highest BCUT2D eigenvalue weighted by Crippen LogP contribution is 2.25. The Morgan fingerprint density at radius 1 is 1.44 bits per heavy atom. The quantitative estimate of drug-likeness (QED) is 0.847. The first-order valence-corrected chi connectivity index (χ1v) is 6.92. The van der Waals surface area contributed by atoms with Gasteiger partial charge in [0.2, 0.25) is 5.78 Å². The van der Waals surface area contributed by atoms with Crippen LogP contribution in [0.5, 0.6) is 0 Å². The summed E-state index contributed by atoms with van der Waals surface area (Å²) in [6.07, 6.45) is 1.67. The molecule has 0 radical (unpaired) electrons. The molecule has 1 aliphatic rings. The Morgan fingerprint density at radius 3 is 2.56 bits per heavy atom. The van der Waals surface area contributed by atoms with Gasteiger partial charge in [-0.15, -0.1) is 0 Å². The van der Waals surface area contributed by atoms with E-state index in [4.69, 9.17) is 0 Å². The van der Waals surface area contributed by atoms with E-state index in [2.05, 4.69) is 31.2 Å². The SMILES string of the molecule is Cn1ncc(Br)c1C(=O)C(C)(C)N1CCNCC1. The van der Waals surface area contributed by atoms with E-state index in [-0.39, 0.29) is 5.78 Å². The maximum atomic E-state index is 12.7. The fourth-order valence-corrected chi connectivity index (χ4v) is 2.85. The van der Waals surface area contributed by atoms with E-state index < -0.39 is 5.54 Å². The van der Waals surface area contributed by atoms with Crippen LogP contribution in [0.2, 0.25) is 0 Å². The molecule has 2 rings (SSSR count). The number of nitrogens with one attached hydrogen (secondary N) is 1. The van der Waals surface area contributed by atoms with Gasteiger partial charge in [-0.1, -0.05) is 0 Å². The summed E-state index contributed by atoms with van der Waals surface area (Å²) in [6.45, 7) is 7.63. The third-order valence-corrected chi connectivity index (χ3v) is 4.15. The van der Waals surface area contributed by atoms with Gasteiger partial charge in [-0.05, 0) is 29.8 Å². The third-order valence-electron chi connectivity index (χ3n) is 3.57. The number of carbonyl (C=O) groups is 1. The number of halogens is 1. The Kier molecular flexibility index (Phi) is 3.89. The van der Waals surface area contributed by atoms with E-state index >= 15 is 0 Å². The summed E-state index contributed by atoms with van der Waals surface area (Å²) in [4.78, 5) is 14.9. The van der Waals surface area contributed by atoms with Gasteiger partial charge in [0, 0.05) is 33.2 Å². The van der Waals surface area contributed by atoms with Gasteiger partial charge < -0.3 is 5.32 Å². The Labute approximate surface area is 116 Å². The van der Waals surface area contributed by atoms with Crippen molar-refractivity contribution in [2.75, 3.05) is 26.2 Å². The molecule has 5 nitrogen and oxygen atoms in total. The third kappa shape index (κ3) is 2.37. The number of aromatic nitrogens is 2. The smallest absolute Gasteiger partial charge is 0.201 e. The van der Waals surface area contributed by atoms with Crippen LogP contribution in [0.3, 0.4) is 0 Å².